The number of amides is 1. The number of nitrogens with one attached hydrogen (secondary N) is 2. The van der Waals surface area contributed by atoms with Crippen LogP contribution in [0.4, 0.5) is 5.95 Å². The lowest BCUT2D eigenvalue weighted by atomic mass is 9.96. The van der Waals surface area contributed by atoms with Crippen molar-refractivity contribution in [2.75, 3.05) is 31.2 Å². The lowest BCUT2D eigenvalue weighted by molar-refractivity contribution is 0.0950. The Labute approximate surface area is 234 Å². The maximum absolute atomic E-state index is 13.3. The van der Waals surface area contributed by atoms with Gasteiger partial charge in [-0.1, -0.05) is 19.4 Å². The fourth-order valence-electron chi connectivity index (χ4n) is 5.40. The number of aromatic nitrogens is 4. The Hall–Kier alpha value is -4.11. The number of benzene rings is 1. The molecule has 1 aliphatic heterocycles. The first kappa shape index (κ1) is 27.5. The molecule has 0 spiro atoms. The quantitative estimate of drug-likeness (QED) is 0.359. The van der Waals surface area contributed by atoms with E-state index < -0.39 is 0 Å². The summed E-state index contributed by atoms with van der Waals surface area (Å²) in [5.74, 6) is 0.477. The number of nitrogens with zero attached hydrogens (tertiary/aromatic N) is 4. The van der Waals surface area contributed by atoms with Crippen LogP contribution in [0.3, 0.4) is 0 Å². The van der Waals surface area contributed by atoms with Gasteiger partial charge < -0.3 is 19.9 Å². The first-order chi connectivity index (χ1) is 19.3. The molecule has 1 fully saturated rings. The Morgan fingerprint density at radius 1 is 1.07 bits per heavy atom. The number of aryl methyl sites for hydroxylation is 5. The molecule has 4 heterocycles. The average molecular weight is 541 g/mol. The standard InChI is InChI=1S/C31H36N6O3/c1-6-7-22-14-18(2)35-30(39)27(22)17-32-29(38)23-8-9-24-25(15-19(3)34-28(24)20(23)4)26-16-33-31(36-21(26)5)37-10-12-40-13-11-37/h8-9,14-16H,6-7,10-13,17H2,1-5H3,(H,32,38)(H,35,39). The average Bonchev–Trinajstić information content (AvgIpc) is 2.93. The number of fused-ring (bicyclic) bond motifs is 1. The summed E-state index contributed by atoms with van der Waals surface area (Å²) in [4.78, 5) is 45.3. The molecule has 0 bridgehead atoms. The van der Waals surface area contributed by atoms with Crippen molar-refractivity contribution in [1.29, 1.82) is 0 Å². The van der Waals surface area contributed by atoms with Gasteiger partial charge in [0.15, 0.2) is 0 Å². The van der Waals surface area contributed by atoms with Gasteiger partial charge in [0.2, 0.25) is 5.95 Å². The summed E-state index contributed by atoms with van der Waals surface area (Å²) in [6.45, 7) is 12.9. The number of H-pyrrole nitrogens is 1. The van der Waals surface area contributed by atoms with Crippen LogP contribution in [0.2, 0.25) is 0 Å². The van der Waals surface area contributed by atoms with Gasteiger partial charge in [-0.2, -0.15) is 0 Å². The Kier molecular flexibility index (Phi) is 7.93. The number of hydrogen-bond acceptors (Lipinski definition) is 7. The highest BCUT2D eigenvalue weighted by Gasteiger charge is 2.19. The molecule has 0 atom stereocenters. The van der Waals surface area contributed by atoms with Crippen LogP contribution in [0.5, 0.6) is 0 Å². The highest BCUT2D eigenvalue weighted by Crippen LogP contribution is 2.33. The van der Waals surface area contributed by atoms with E-state index in [-0.39, 0.29) is 18.0 Å². The molecule has 5 rings (SSSR count). The van der Waals surface area contributed by atoms with Crippen LogP contribution < -0.4 is 15.8 Å². The van der Waals surface area contributed by atoms with Gasteiger partial charge in [0.1, 0.15) is 0 Å². The van der Waals surface area contributed by atoms with Crippen molar-refractivity contribution in [3.8, 4) is 11.1 Å². The molecule has 40 heavy (non-hydrogen) atoms. The van der Waals surface area contributed by atoms with E-state index in [1.54, 1.807) is 0 Å². The number of ether oxygens (including phenoxy) is 1. The molecule has 9 heteroatoms. The zero-order chi connectivity index (χ0) is 28.4. The molecule has 0 radical (unpaired) electrons. The molecule has 0 aliphatic carbocycles. The van der Waals surface area contributed by atoms with Crippen LogP contribution >= 0.6 is 0 Å². The van der Waals surface area contributed by atoms with Crippen LogP contribution in [0.15, 0.2) is 35.3 Å². The monoisotopic (exact) mass is 540 g/mol. The number of morpholine rings is 1. The molecule has 1 amide bonds. The highest BCUT2D eigenvalue weighted by molar-refractivity contribution is 6.04. The van der Waals surface area contributed by atoms with E-state index in [0.717, 1.165) is 76.2 Å². The van der Waals surface area contributed by atoms with Crippen molar-refractivity contribution in [1.82, 2.24) is 25.3 Å². The minimum absolute atomic E-state index is 0.154. The van der Waals surface area contributed by atoms with Crippen LogP contribution in [0.1, 0.15) is 57.5 Å². The van der Waals surface area contributed by atoms with Crippen LogP contribution in [-0.4, -0.2) is 52.1 Å². The molecule has 2 N–H and O–H groups in total. The van der Waals surface area contributed by atoms with E-state index in [2.05, 4.69) is 27.1 Å². The number of hydrogen-bond donors (Lipinski definition) is 2. The van der Waals surface area contributed by atoms with E-state index in [1.807, 2.05) is 58.2 Å². The first-order valence-electron chi connectivity index (χ1n) is 13.8. The van der Waals surface area contributed by atoms with Gasteiger partial charge in [0, 0.05) is 59.3 Å². The number of pyridine rings is 2. The smallest absolute Gasteiger partial charge is 0.253 e. The lowest BCUT2D eigenvalue weighted by Crippen LogP contribution is -2.37. The number of anilines is 1. The second-order valence-electron chi connectivity index (χ2n) is 10.4. The molecule has 1 aliphatic rings. The Morgan fingerprint density at radius 2 is 1.85 bits per heavy atom. The van der Waals surface area contributed by atoms with E-state index in [1.165, 1.54) is 0 Å². The summed E-state index contributed by atoms with van der Waals surface area (Å²) in [6, 6.07) is 7.80. The molecule has 1 aromatic carbocycles. The van der Waals surface area contributed by atoms with Crippen molar-refractivity contribution < 1.29 is 9.53 Å². The fourth-order valence-corrected chi connectivity index (χ4v) is 5.40. The number of carbonyl (C=O) groups is 1. The lowest BCUT2D eigenvalue weighted by Gasteiger charge is -2.27. The minimum Gasteiger partial charge on any atom is -0.378 e. The van der Waals surface area contributed by atoms with Gasteiger partial charge in [-0.05, 0) is 69.0 Å². The summed E-state index contributed by atoms with van der Waals surface area (Å²) in [5, 5.41) is 3.90. The molecule has 4 aromatic rings. The van der Waals surface area contributed by atoms with E-state index >= 15 is 0 Å². The van der Waals surface area contributed by atoms with Gasteiger partial charge >= 0.3 is 0 Å². The second kappa shape index (κ2) is 11.6. The maximum Gasteiger partial charge on any atom is 0.253 e. The molecule has 1 saturated heterocycles. The normalized spacial score (nSPS) is 13.6. The second-order valence-corrected chi connectivity index (χ2v) is 10.4. The van der Waals surface area contributed by atoms with Gasteiger partial charge in [-0.3, -0.25) is 14.6 Å². The third-order valence-corrected chi connectivity index (χ3v) is 7.47. The Bertz CT molecular complexity index is 1640. The molecule has 3 aromatic heterocycles. The van der Waals surface area contributed by atoms with Crippen LogP contribution in [0.25, 0.3) is 22.0 Å². The largest absolute Gasteiger partial charge is 0.378 e. The number of rotatable bonds is 7. The van der Waals surface area contributed by atoms with Crippen LogP contribution in [0, 0.1) is 27.7 Å². The molecule has 9 nitrogen and oxygen atoms in total. The predicted octanol–water partition coefficient (Wildman–Crippen LogP) is 4.33. The molecular weight excluding hydrogens is 504 g/mol. The molecular formula is C31H36N6O3. The highest BCUT2D eigenvalue weighted by atomic mass is 16.5. The summed E-state index contributed by atoms with van der Waals surface area (Å²) >= 11 is 0. The van der Waals surface area contributed by atoms with Crippen molar-refractivity contribution in [3.05, 3.63) is 80.2 Å². The number of aromatic amines is 1. The Balaban J connectivity index is 1.46. The predicted molar refractivity (Wildman–Crippen MR) is 157 cm³/mol. The third-order valence-electron chi connectivity index (χ3n) is 7.47. The van der Waals surface area contributed by atoms with Crippen molar-refractivity contribution in [2.24, 2.45) is 0 Å². The van der Waals surface area contributed by atoms with Crippen molar-refractivity contribution in [2.45, 2.75) is 54.0 Å². The van der Waals surface area contributed by atoms with Gasteiger partial charge in [-0.15, -0.1) is 0 Å². The van der Waals surface area contributed by atoms with Gasteiger partial charge in [-0.25, -0.2) is 9.97 Å². The zero-order valence-electron chi connectivity index (χ0n) is 23.9. The molecule has 0 saturated carbocycles. The molecule has 0 unspecified atom stereocenters. The summed E-state index contributed by atoms with van der Waals surface area (Å²) in [6.07, 6.45) is 3.58. The van der Waals surface area contributed by atoms with Gasteiger partial charge in [0.25, 0.3) is 11.5 Å². The Morgan fingerprint density at radius 3 is 2.58 bits per heavy atom. The minimum atomic E-state index is -0.235. The topological polar surface area (TPSA) is 113 Å². The van der Waals surface area contributed by atoms with Crippen LogP contribution in [-0.2, 0) is 17.7 Å². The number of carbonyl (C=O) groups excluding carboxylic acids is 1. The third kappa shape index (κ3) is 5.47. The molecule has 208 valence electrons. The van der Waals surface area contributed by atoms with Crippen molar-refractivity contribution in [3.63, 3.8) is 0 Å². The van der Waals surface area contributed by atoms with Crippen molar-refractivity contribution >= 4 is 22.8 Å². The SMILES string of the molecule is CCCc1cc(C)[nH]c(=O)c1CNC(=O)c1ccc2c(-c3cnc(N4CCOCC4)nc3C)cc(C)nc2c1C. The van der Waals surface area contributed by atoms with E-state index in [0.29, 0.717) is 30.3 Å². The van der Waals surface area contributed by atoms with E-state index in [4.69, 9.17) is 14.7 Å². The fraction of sp³-hybridized carbons (Fsp3) is 0.387. The maximum atomic E-state index is 13.3. The zero-order valence-corrected chi connectivity index (χ0v) is 23.9. The summed E-state index contributed by atoms with van der Waals surface area (Å²) < 4.78 is 5.46. The first-order valence-corrected chi connectivity index (χ1v) is 13.8. The van der Waals surface area contributed by atoms with E-state index in [9.17, 15) is 9.59 Å². The van der Waals surface area contributed by atoms with Gasteiger partial charge in [0.05, 0.1) is 24.4 Å². The summed E-state index contributed by atoms with van der Waals surface area (Å²) in [7, 11) is 0. The summed E-state index contributed by atoms with van der Waals surface area (Å²) in [5.41, 5.74) is 7.97.